The first-order chi connectivity index (χ1) is 7.89. The van der Waals surface area contributed by atoms with E-state index in [0.29, 0.717) is 25.9 Å². The Morgan fingerprint density at radius 2 is 2.12 bits per heavy atom. The predicted molar refractivity (Wildman–Crippen MR) is 58.7 cm³/mol. The van der Waals surface area contributed by atoms with Crippen LogP contribution in [0.3, 0.4) is 0 Å². The standard InChI is InChI=1S/C12H19F2NO2/c1-8-7-15(5-3-10(8)16)11(17)9-2-4-12(13,14)6-9/h8-10,16H,2-7H2,1H3. The molecule has 1 saturated carbocycles. The second-order valence-electron chi connectivity index (χ2n) is 5.41. The third kappa shape index (κ3) is 2.76. The smallest absolute Gasteiger partial charge is 0.248 e. The Morgan fingerprint density at radius 1 is 1.41 bits per heavy atom. The van der Waals surface area contributed by atoms with Gasteiger partial charge in [0.05, 0.1) is 6.10 Å². The predicted octanol–water partition coefficient (Wildman–Crippen LogP) is 1.65. The minimum Gasteiger partial charge on any atom is -0.393 e. The lowest BCUT2D eigenvalue weighted by atomic mass is 9.95. The van der Waals surface area contributed by atoms with Crippen LogP contribution in [0.1, 0.15) is 32.6 Å². The maximum absolute atomic E-state index is 13.1. The second-order valence-corrected chi connectivity index (χ2v) is 5.41. The maximum Gasteiger partial charge on any atom is 0.248 e. The minimum absolute atomic E-state index is 0.0367. The minimum atomic E-state index is -2.67. The van der Waals surface area contributed by atoms with Crippen molar-refractivity contribution in [3.05, 3.63) is 0 Å². The number of aliphatic hydroxyl groups excluding tert-OH is 1. The van der Waals surface area contributed by atoms with Gasteiger partial charge in [-0.3, -0.25) is 4.79 Å². The summed E-state index contributed by atoms with van der Waals surface area (Å²) < 4.78 is 26.1. The second kappa shape index (κ2) is 4.52. The number of carbonyl (C=O) groups excluding carboxylic acids is 1. The van der Waals surface area contributed by atoms with Crippen molar-refractivity contribution >= 4 is 5.91 Å². The van der Waals surface area contributed by atoms with Gasteiger partial charge in [0.15, 0.2) is 0 Å². The molecule has 2 aliphatic rings. The van der Waals surface area contributed by atoms with Gasteiger partial charge in [-0.15, -0.1) is 0 Å². The van der Waals surface area contributed by atoms with Crippen LogP contribution in [0.4, 0.5) is 8.78 Å². The van der Waals surface area contributed by atoms with Gasteiger partial charge in [-0.1, -0.05) is 6.92 Å². The number of alkyl halides is 2. The van der Waals surface area contributed by atoms with E-state index in [4.69, 9.17) is 0 Å². The van der Waals surface area contributed by atoms with E-state index >= 15 is 0 Å². The molecule has 0 bridgehead atoms. The van der Waals surface area contributed by atoms with Gasteiger partial charge in [-0.2, -0.15) is 0 Å². The van der Waals surface area contributed by atoms with E-state index in [1.54, 1.807) is 4.90 Å². The van der Waals surface area contributed by atoms with Gasteiger partial charge >= 0.3 is 0 Å². The SMILES string of the molecule is CC1CN(C(=O)C2CCC(F)(F)C2)CCC1O. The number of aliphatic hydroxyl groups is 1. The van der Waals surface area contributed by atoms with Crippen molar-refractivity contribution in [2.24, 2.45) is 11.8 Å². The Labute approximate surface area is 99.8 Å². The topological polar surface area (TPSA) is 40.5 Å². The third-order valence-corrected chi connectivity index (χ3v) is 3.92. The number of halogens is 2. The van der Waals surface area contributed by atoms with E-state index in [9.17, 15) is 18.7 Å². The average molecular weight is 247 g/mol. The Hall–Kier alpha value is -0.710. The maximum atomic E-state index is 13.1. The molecule has 17 heavy (non-hydrogen) atoms. The Kier molecular flexibility index (Phi) is 3.39. The highest BCUT2D eigenvalue weighted by Crippen LogP contribution is 2.40. The number of hydrogen-bond acceptors (Lipinski definition) is 2. The van der Waals surface area contributed by atoms with Crippen LogP contribution in [0, 0.1) is 11.8 Å². The van der Waals surface area contributed by atoms with E-state index in [2.05, 4.69) is 0 Å². The first kappa shape index (κ1) is 12.7. The Balaban J connectivity index is 1.93. The zero-order valence-electron chi connectivity index (χ0n) is 10.0. The number of nitrogens with zero attached hydrogens (tertiary/aromatic N) is 1. The summed E-state index contributed by atoms with van der Waals surface area (Å²) in [5.74, 6) is -3.30. The van der Waals surface area contributed by atoms with Gasteiger partial charge in [0.25, 0.3) is 0 Å². The van der Waals surface area contributed by atoms with Crippen LogP contribution in [0.5, 0.6) is 0 Å². The van der Waals surface area contributed by atoms with Gasteiger partial charge in [-0.05, 0) is 18.8 Å². The molecule has 2 fully saturated rings. The van der Waals surface area contributed by atoms with Crippen molar-refractivity contribution in [1.29, 1.82) is 0 Å². The lowest BCUT2D eigenvalue weighted by Gasteiger charge is -2.35. The van der Waals surface area contributed by atoms with Crippen molar-refractivity contribution in [1.82, 2.24) is 4.90 Å². The lowest BCUT2D eigenvalue weighted by Crippen LogP contribution is -2.46. The van der Waals surface area contributed by atoms with Crippen molar-refractivity contribution in [2.45, 2.75) is 44.6 Å². The van der Waals surface area contributed by atoms with E-state index in [1.807, 2.05) is 6.92 Å². The normalized spacial score (nSPS) is 37.2. The van der Waals surface area contributed by atoms with Crippen LogP contribution >= 0.6 is 0 Å². The highest BCUT2D eigenvalue weighted by Gasteiger charge is 2.44. The zero-order chi connectivity index (χ0) is 12.6. The summed E-state index contributed by atoms with van der Waals surface area (Å²) in [6.45, 7) is 2.86. The summed E-state index contributed by atoms with van der Waals surface area (Å²) in [5, 5.41) is 9.57. The fraction of sp³-hybridized carbons (Fsp3) is 0.917. The highest BCUT2D eigenvalue weighted by molar-refractivity contribution is 5.79. The first-order valence-electron chi connectivity index (χ1n) is 6.24. The lowest BCUT2D eigenvalue weighted by molar-refractivity contribution is -0.139. The molecule has 1 aliphatic heterocycles. The van der Waals surface area contributed by atoms with Gasteiger partial charge < -0.3 is 10.0 Å². The molecule has 1 saturated heterocycles. The molecule has 0 aromatic carbocycles. The fourth-order valence-corrected chi connectivity index (χ4v) is 2.75. The quantitative estimate of drug-likeness (QED) is 0.765. The van der Waals surface area contributed by atoms with Crippen molar-refractivity contribution in [3.8, 4) is 0 Å². The molecule has 2 rings (SSSR count). The molecular formula is C12H19F2NO2. The van der Waals surface area contributed by atoms with Crippen LogP contribution in [0.15, 0.2) is 0 Å². The number of amides is 1. The van der Waals surface area contributed by atoms with Crippen LogP contribution < -0.4 is 0 Å². The van der Waals surface area contributed by atoms with Gasteiger partial charge in [-0.25, -0.2) is 8.78 Å². The van der Waals surface area contributed by atoms with Crippen LogP contribution in [-0.2, 0) is 4.79 Å². The summed E-state index contributed by atoms with van der Waals surface area (Å²) in [6, 6.07) is 0. The number of hydrogen-bond donors (Lipinski definition) is 1. The molecule has 1 amide bonds. The van der Waals surface area contributed by atoms with Crippen molar-refractivity contribution in [3.63, 3.8) is 0 Å². The number of piperidine rings is 1. The summed E-state index contributed by atoms with van der Waals surface area (Å²) in [7, 11) is 0. The Morgan fingerprint density at radius 3 is 2.65 bits per heavy atom. The van der Waals surface area contributed by atoms with Gasteiger partial charge in [0.1, 0.15) is 0 Å². The van der Waals surface area contributed by atoms with Crippen LogP contribution in [-0.4, -0.2) is 41.0 Å². The van der Waals surface area contributed by atoms with Crippen molar-refractivity contribution in [2.75, 3.05) is 13.1 Å². The molecule has 98 valence electrons. The number of rotatable bonds is 1. The fourth-order valence-electron chi connectivity index (χ4n) is 2.75. The molecule has 1 heterocycles. The summed E-state index contributed by atoms with van der Waals surface area (Å²) in [6.07, 6.45) is -0.00617. The number of carbonyl (C=O) groups is 1. The molecule has 0 aromatic heterocycles. The molecule has 3 nitrogen and oxygen atoms in total. The first-order valence-corrected chi connectivity index (χ1v) is 6.24. The summed E-state index contributed by atoms with van der Waals surface area (Å²) in [4.78, 5) is 13.7. The molecule has 0 spiro atoms. The van der Waals surface area contributed by atoms with Gasteiger partial charge in [0.2, 0.25) is 11.8 Å². The Bertz CT molecular complexity index is 309. The molecule has 1 aliphatic carbocycles. The van der Waals surface area contributed by atoms with Crippen LogP contribution in [0.25, 0.3) is 0 Å². The molecule has 0 aromatic rings. The zero-order valence-corrected chi connectivity index (χ0v) is 10.0. The van der Waals surface area contributed by atoms with Crippen molar-refractivity contribution < 1.29 is 18.7 Å². The average Bonchev–Trinajstić information content (AvgIpc) is 2.62. The number of likely N-dealkylation sites (tertiary alicyclic amines) is 1. The van der Waals surface area contributed by atoms with Crippen LogP contribution in [0.2, 0.25) is 0 Å². The van der Waals surface area contributed by atoms with E-state index in [1.165, 1.54) is 0 Å². The summed E-state index contributed by atoms with van der Waals surface area (Å²) >= 11 is 0. The third-order valence-electron chi connectivity index (χ3n) is 3.92. The van der Waals surface area contributed by atoms with E-state index < -0.39 is 11.8 Å². The van der Waals surface area contributed by atoms with E-state index in [-0.39, 0.29) is 30.8 Å². The van der Waals surface area contributed by atoms with Gasteiger partial charge in [0, 0.05) is 31.8 Å². The molecular weight excluding hydrogens is 228 g/mol. The molecule has 0 radical (unpaired) electrons. The molecule has 3 unspecified atom stereocenters. The largest absolute Gasteiger partial charge is 0.393 e. The highest BCUT2D eigenvalue weighted by atomic mass is 19.3. The molecule has 1 N–H and O–H groups in total. The monoisotopic (exact) mass is 247 g/mol. The summed E-state index contributed by atoms with van der Waals surface area (Å²) in [5.41, 5.74) is 0. The van der Waals surface area contributed by atoms with E-state index in [0.717, 1.165) is 0 Å². The molecule has 3 atom stereocenters. The molecule has 5 heteroatoms.